The summed E-state index contributed by atoms with van der Waals surface area (Å²) < 4.78 is 0. The molecule has 0 aliphatic rings. The first kappa shape index (κ1) is 20.4. The van der Waals surface area contributed by atoms with Crippen molar-refractivity contribution >= 4 is 29.1 Å². The highest BCUT2D eigenvalue weighted by Gasteiger charge is 2.23. The van der Waals surface area contributed by atoms with E-state index in [1.165, 1.54) is 18.2 Å². The van der Waals surface area contributed by atoms with Crippen LogP contribution in [-0.4, -0.2) is 23.0 Å². The Hall–Kier alpha value is -3.31. The molecule has 3 rings (SSSR count). The number of hydrogen-bond donors (Lipinski definition) is 3. The molecule has 0 radical (unpaired) electrons. The molecule has 3 aromatic carbocycles. The summed E-state index contributed by atoms with van der Waals surface area (Å²) in [5.74, 6) is -1.14. The number of benzene rings is 3. The minimum atomic E-state index is -0.843. The molecule has 0 aliphatic heterocycles. The van der Waals surface area contributed by atoms with Gasteiger partial charge in [-0.25, -0.2) is 0 Å². The van der Waals surface area contributed by atoms with Gasteiger partial charge in [-0.15, -0.1) is 0 Å². The molecule has 29 heavy (non-hydrogen) atoms. The maximum absolute atomic E-state index is 12.9. The number of carbonyl (C=O) groups excluding carboxylic acids is 2. The largest absolute Gasteiger partial charge is 0.507 e. The third-order valence-electron chi connectivity index (χ3n) is 4.43. The lowest BCUT2D eigenvalue weighted by Crippen LogP contribution is -2.45. The Morgan fingerprint density at radius 1 is 1.00 bits per heavy atom. The van der Waals surface area contributed by atoms with Crippen LogP contribution in [0.2, 0.25) is 5.02 Å². The molecule has 0 aliphatic carbocycles. The Morgan fingerprint density at radius 2 is 1.69 bits per heavy atom. The predicted molar refractivity (Wildman–Crippen MR) is 114 cm³/mol. The zero-order valence-electron chi connectivity index (χ0n) is 15.9. The molecule has 0 heterocycles. The van der Waals surface area contributed by atoms with Crippen molar-refractivity contribution in [2.24, 2.45) is 0 Å². The molecule has 6 heteroatoms. The molecule has 0 aromatic heterocycles. The summed E-state index contributed by atoms with van der Waals surface area (Å²) in [5, 5.41) is 15.8. The molecule has 0 fully saturated rings. The van der Waals surface area contributed by atoms with Gasteiger partial charge >= 0.3 is 0 Å². The highest BCUT2D eigenvalue weighted by molar-refractivity contribution is 6.31. The molecule has 1 atom stereocenters. The smallest absolute Gasteiger partial charge is 0.255 e. The molecule has 5 nitrogen and oxygen atoms in total. The van der Waals surface area contributed by atoms with Gasteiger partial charge in [-0.3, -0.25) is 9.59 Å². The summed E-state index contributed by atoms with van der Waals surface area (Å²) in [7, 11) is 0. The molecular formula is C23H21ClN2O3. The SMILES string of the molecule is Cc1ccc(NC(=O)[C@H](Cc2ccccc2)NC(=O)c2cc(Cl)ccc2O)cc1. The first-order valence-corrected chi connectivity index (χ1v) is 9.51. The normalized spacial score (nSPS) is 11.5. The van der Waals surface area contributed by atoms with E-state index in [4.69, 9.17) is 11.6 Å². The number of anilines is 1. The summed E-state index contributed by atoms with van der Waals surface area (Å²) in [6, 6.07) is 20.1. The quantitative estimate of drug-likeness (QED) is 0.568. The van der Waals surface area contributed by atoms with Crippen LogP contribution in [0.1, 0.15) is 21.5 Å². The Labute approximate surface area is 174 Å². The fraction of sp³-hybridized carbons (Fsp3) is 0.130. The van der Waals surface area contributed by atoms with Gasteiger partial charge in [0.1, 0.15) is 11.8 Å². The molecule has 3 aromatic rings. The number of rotatable bonds is 6. The van der Waals surface area contributed by atoms with Gasteiger partial charge in [-0.05, 0) is 42.8 Å². The summed E-state index contributed by atoms with van der Waals surface area (Å²) in [5.41, 5.74) is 2.62. The first-order valence-electron chi connectivity index (χ1n) is 9.13. The number of phenolic OH excluding ortho intramolecular Hbond substituents is 1. The lowest BCUT2D eigenvalue weighted by molar-refractivity contribution is -0.118. The third-order valence-corrected chi connectivity index (χ3v) is 4.66. The van der Waals surface area contributed by atoms with Gasteiger partial charge in [0.05, 0.1) is 5.56 Å². The van der Waals surface area contributed by atoms with E-state index in [1.54, 1.807) is 12.1 Å². The highest BCUT2D eigenvalue weighted by Crippen LogP contribution is 2.21. The molecule has 0 saturated heterocycles. The average molecular weight is 409 g/mol. The van der Waals surface area contributed by atoms with Crippen LogP contribution in [0.15, 0.2) is 72.8 Å². The minimum absolute atomic E-state index is 0.0127. The third kappa shape index (κ3) is 5.59. The van der Waals surface area contributed by atoms with E-state index in [1.807, 2.05) is 49.4 Å². The van der Waals surface area contributed by atoms with Crippen molar-refractivity contribution in [2.75, 3.05) is 5.32 Å². The number of amides is 2. The number of carbonyl (C=O) groups is 2. The van der Waals surface area contributed by atoms with E-state index in [2.05, 4.69) is 10.6 Å². The van der Waals surface area contributed by atoms with Crippen LogP contribution in [-0.2, 0) is 11.2 Å². The van der Waals surface area contributed by atoms with Gasteiger partial charge in [0.25, 0.3) is 5.91 Å². The highest BCUT2D eigenvalue weighted by atomic mass is 35.5. The molecule has 0 unspecified atom stereocenters. The van der Waals surface area contributed by atoms with Crippen molar-refractivity contribution in [3.8, 4) is 5.75 Å². The minimum Gasteiger partial charge on any atom is -0.507 e. The van der Waals surface area contributed by atoms with Gasteiger partial charge in [0, 0.05) is 17.1 Å². The molecule has 0 bridgehead atoms. The van der Waals surface area contributed by atoms with Crippen LogP contribution in [0.25, 0.3) is 0 Å². The van der Waals surface area contributed by atoms with Crippen LogP contribution >= 0.6 is 11.6 Å². The Kier molecular flexibility index (Phi) is 6.52. The van der Waals surface area contributed by atoms with Crippen molar-refractivity contribution in [2.45, 2.75) is 19.4 Å². The van der Waals surface area contributed by atoms with Gasteiger partial charge in [-0.1, -0.05) is 59.6 Å². The molecular weight excluding hydrogens is 388 g/mol. The van der Waals surface area contributed by atoms with E-state index in [9.17, 15) is 14.7 Å². The summed E-state index contributed by atoms with van der Waals surface area (Å²) in [4.78, 5) is 25.6. The van der Waals surface area contributed by atoms with Gasteiger partial charge in [0.15, 0.2) is 0 Å². The summed E-state index contributed by atoms with van der Waals surface area (Å²) in [6.45, 7) is 1.96. The van der Waals surface area contributed by atoms with E-state index < -0.39 is 11.9 Å². The van der Waals surface area contributed by atoms with Gasteiger partial charge in [-0.2, -0.15) is 0 Å². The molecule has 2 amide bonds. The van der Waals surface area contributed by atoms with Crippen LogP contribution in [0.3, 0.4) is 0 Å². The fourth-order valence-corrected chi connectivity index (χ4v) is 3.02. The number of halogens is 1. The second kappa shape index (κ2) is 9.26. The van der Waals surface area contributed by atoms with Crippen molar-refractivity contribution in [1.82, 2.24) is 5.32 Å². The average Bonchev–Trinajstić information content (AvgIpc) is 2.71. The second-order valence-corrected chi connectivity index (χ2v) is 7.17. The summed E-state index contributed by atoms with van der Waals surface area (Å²) in [6.07, 6.45) is 0.297. The number of nitrogens with one attached hydrogen (secondary N) is 2. The van der Waals surface area contributed by atoms with Crippen LogP contribution in [0, 0.1) is 6.92 Å². The first-order chi connectivity index (χ1) is 13.9. The Balaban J connectivity index is 1.81. The summed E-state index contributed by atoms with van der Waals surface area (Å²) >= 11 is 5.94. The number of aryl methyl sites for hydroxylation is 1. The van der Waals surface area contributed by atoms with E-state index >= 15 is 0 Å². The number of hydrogen-bond acceptors (Lipinski definition) is 3. The van der Waals surface area contributed by atoms with Crippen LogP contribution in [0.4, 0.5) is 5.69 Å². The molecule has 0 spiro atoms. The van der Waals surface area contributed by atoms with E-state index in [0.29, 0.717) is 17.1 Å². The van der Waals surface area contributed by atoms with Crippen LogP contribution in [0.5, 0.6) is 5.75 Å². The van der Waals surface area contributed by atoms with Crippen molar-refractivity contribution in [3.63, 3.8) is 0 Å². The predicted octanol–water partition coefficient (Wildman–Crippen LogP) is 4.33. The van der Waals surface area contributed by atoms with Gasteiger partial charge < -0.3 is 15.7 Å². The zero-order valence-corrected chi connectivity index (χ0v) is 16.6. The molecule has 0 saturated carbocycles. The Morgan fingerprint density at radius 3 is 2.38 bits per heavy atom. The van der Waals surface area contributed by atoms with E-state index in [0.717, 1.165) is 11.1 Å². The fourth-order valence-electron chi connectivity index (χ4n) is 2.85. The van der Waals surface area contributed by atoms with Crippen molar-refractivity contribution in [1.29, 1.82) is 0 Å². The second-order valence-electron chi connectivity index (χ2n) is 6.73. The molecule has 3 N–H and O–H groups in total. The zero-order chi connectivity index (χ0) is 20.8. The Bertz CT molecular complexity index is 1000. The standard InChI is InChI=1S/C23H21ClN2O3/c1-15-7-10-18(11-8-15)25-23(29)20(13-16-5-3-2-4-6-16)26-22(28)19-14-17(24)9-12-21(19)27/h2-12,14,20,27H,13H2,1H3,(H,25,29)(H,26,28)/t20-/m0/s1. The molecule has 148 valence electrons. The maximum Gasteiger partial charge on any atom is 0.255 e. The number of aromatic hydroxyl groups is 1. The van der Waals surface area contributed by atoms with Gasteiger partial charge in [0.2, 0.25) is 5.91 Å². The lowest BCUT2D eigenvalue weighted by Gasteiger charge is -2.19. The topological polar surface area (TPSA) is 78.4 Å². The van der Waals surface area contributed by atoms with Crippen LogP contribution < -0.4 is 10.6 Å². The van der Waals surface area contributed by atoms with Crippen molar-refractivity contribution < 1.29 is 14.7 Å². The van der Waals surface area contributed by atoms with E-state index in [-0.39, 0.29) is 17.2 Å². The maximum atomic E-state index is 12.9. The monoisotopic (exact) mass is 408 g/mol. The number of phenols is 1. The van der Waals surface area contributed by atoms with Crippen molar-refractivity contribution in [3.05, 3.63) is 94.5 Å². The lowest BCUT2D eigenvalue weighted by atomic mass is 10.0.